The smallest absolute Gasteiger partial charge is 0.0991 e. The van der Waals surface area contributed by atoms with E-state index in [4.69, 9.17) is 0 Å². The van der Waals surface area contributed by atoms with Crippen LogP contribution in [0.3, 0.4) is 0 Å². The van der Waals surface area contributed by atoms with Crippen LogP contribution in [0.5, 0.6) is 0 Å². The molecule has 3 rings (SSSR count). The molecule has 1 N–H and O–H groups in total. The first-order valence-electron chi connectivity index (χ1n) is 6.28. The lowest BCUT2D eigenvalue weighted by atomic mass is 10.2. The molecule has 0 spiro atoms. The maximum atomic E-state index is 4.06. The van der Waals surface area contributed by atoms with Crippen LogP contribution < -0.4 is 5.32 Å². The largest absolute Gasteiger partial charge is 0.381 e. The molecular formula is C16H15N3. The molecule has 3 heteroatoms. The van der Waals surface area contributed by atoms with Gasteiger partial charge in [0, 0.05) is 30.3 Å². The van der Waals surface area contributed by atoms with Crippen molar-refractivity contribution in [2.75, 3.05) is 5.32 Å². The number of imidazole rings is 1. The van der Waals surface area contributed by atoms with E-state index in [-0.39, 0.29) is 0 Å². The van der Waals surface area contributed by atoms with Crippen molar-refractivity contribution in [2.24, 2.45) is 0 Å². The van der Waals surface area contributed by atoms with Crippen LogP contribution in [0.2, 0.25) is 0 Å². The number of rotatable bonds is 4. The predicted octanol–water partition coefficient (Wildman–Crippen LogP) is 3.48. The van der Waals surface area contributed by atoms with Crippen LogP contribution in [0.1, 0.15) is 5.56 Å². The van der Waals surface area contributed by atoms with Crippen LogP contribution in [-0.4, -0.2) is 9.55 Å². The minimum Gasteiger partial charge on any atom is -0.381 e. The van der Waals surface area contributed by atoms with Gasteiger partial charge < -0.3 is 9.88 Å². The van der Waals surface area contributed by atoms with Crippen LogP contribution in [0.15, 0.2) is 73.3 Å². The van der Waals surface area contributed by atoms with E-state index in [9.17, 15) is 0 Å². The van der Waals surface area contributed by atoms with Crippen molar-refractivity contribution in [3.63, 3.8) is 0 Å². The first-order valence-corrected chi connectivity index (χ1v) is 6.28. The third kappa shape index (κ3) is 2.83. The zero-order chi connectivity index (χ0) is 12.9. The fourth-order valence-corrected chi connectivity index (χ4v) is 1.99. The number of nitrogens with one attached hydrogen (secondary N) is 1. The van der Waals surface area contributed by atoms with Gasteiger partial charge in [0.25, 0.3) is 0 Å². The van der Waals surface area contributed by atoms with Gasteiger partial charge in [-0.05, 0) is 23.8 Å². The van der Waals surface area contributed by atoms with Gasteiger partial charge in [0.05, 0.1) is 6.33 Å². The molecule has 0 unspecified atom stereocenters. The van der Waals surface area contributed by atoms with Crippen molar-refractivity contribution in [1.82, 2.24) is 9.55 Å². The van der Waals surface area contributed by atoms with Gasteiger partial charge in [0.15, 0.2) is 0 Å². The summed E-state index contributed by atoms with van der Waals surface area (Å²) in [6, 6.07) is 18.7. The zero-order valence-electron chi connectivity index (χ0n) is 10.5. The second kappa shape index (κ2) is 5.40. The normalized spacial score (nSPS) is 10.3. The Hall–Kier alpha value is -2.55. The van der Waals surface area contributed by atoms with Crippen LogP contribution in [0, 0.1) is 0 Å². The molecule has 3 aromatic rings. The van der Waals surface area contributed by atoms with Gasteiger partial charge in [-0.25, -0.2) is 4.98 Å². The molecule has 94 valence electrons. The van der Waals surface area contributed by atoms with E-state index in [1.807, 2.05) is 22.9 Å². The lowest BCUT2D eigenvalue weighted by Gasteiger charge is -2.09. The van der Waals surface area contributed by atoms with Gasteiger partial charge in [-0.3, -0.25) is 0 Å². The summed E-state index contributed by atoms with van der Waals surface area (Å²) < 4.78 is 1.99. The molecule has 0 saturated heterocycles. The Balaban J connectivity index is 1.74. The fourth-order valence-electron chi connectivity index (χ4n) is 1.99. The topological polar surface area (TPSA) is 29.9 Å². The minimum absolute atomic E-state index is 0.828. The number of aromatic nitrogens is 2. The van der Waals surface area contributed by atoms with E-state index in [0.717, 1.165) is 17.9 Å². The molecule has 0 bridgehead atoms. The summed E-state index contributed by atoms with van der Waals surface area (Å²) in [6.45, 7) is 0.828. The second-order valence-electron chi connectivity index (χ2n) is 4.36. The first kappa shape index (κ1) is 11.5. The van der Waals surface area contributed by atoms with Gasteiger partial charge in [-0.2, -0.15) is 0 Å². The van der Waals surface area contributed by atoms with E-state index in [1.54, 1.807) is 12.5 Å². The van der Waals surface area contributed by atoms with Crippen LogP contribution in [0.4, 0.5) is 5.69 Å². The zero-order valence-corrected chi connectivity index (χ0v) is 10.5. The van der Waals surface area contributed by atoms with E-state index in [2.05, 4.69) is 52.8 Å². The Bertz CT molecular complexity index is 630. The standard InChI is InChI=1S/C16H15N3/c1-2-5-14(6-3-1)12-18-15-7-4-8-16(11-15)19-10-9-17-13-19/h1-11,13,18H,12H2. The summed E-state index contributed by atoms with van der Waals surface area (Å²) in [4.78, 5) is 4.06. The highest BCUT2D eigenvalue weighted by molar-refractivity contribution is 5.51. The third-order valence-electron chi connectivity index (χ3n) is 2.99. The molecule has 0 aliphatic rings. The van der Waals surface area contributed by atoms with Crippen molar-refractivity contribution in [3.8, 4) is 5.69 Å². The SMILES string of the molecule is c1ccc(CNc2cccc(-n3ccnc3)c2)cc1. The van der Waals surface area contributed by atoms with Crippen LogP contribution >= 0.6 is 0 Å². The molecule has 0 aliphatic heterocycles. The van der Waals surface area contributed by atoms with E-state index < -0.39 is 0 Å². The summed E-state index contributed by atoms with van der Waals surface area (Å²) >= 11 is 0. The summed E-state index contributed by atoms with van der Waals surface area (Å²) in [7, 11) is 0. The van der Waals surface area contributed by atoms with Crippen molar-refractivity contribution < 1.29 is 0 Å². The summed E-state index contributed by atoms with van der Waals surface area (Å²) in [6.07, 6.45) is 5.52. The Morgan fingerprint density at radius 1 is 1.00 bits per heavy atom. The lowest BCUT2D eigenvalue weighted by Crippen LogP contribution is -2.00. The van der Waals surface area contributed by atoms with E-state index in [1.165, 1.54) is 5.56 Å². The van der Waals surface area contributed by atoms with Gasteiger partial charge in [-0.15, -0.1) is 0 Å². The average molecular weight is 249 g/mol. The molecule has 2 aromatic carbocycles. The van der Waals surface area contributed by atoms with Gasteiger partial charge >= 0.3 is 0 Å². The Morgan fingerprint density at radius 3 is 2.68 bits per heavy atom. The van der Waals surface area contributed by atoms with Gasteiger partial charge in [0.2, 0.25) is 0 Å². The van der Waals surface area contributed by atoms with Gasteiger partial charge in [0.1, 0.15) is 0 Å². The van der Waals surface area contributed by atoms with Crippen LogP contribution in [0.25, 0.3) is 5.69 Å². The number of hydrogen-bond acceptors (Lipinski definition) is 2. The van der Waals surface area contributed by atoms with E-state index >= 15 is 0 Å². The highest BCUT2D eigenvalue weighted by atomic mass is 15.0. The molecule has 0 aliphatic carbocycles. The Kier molecular flexibility index (Phi) is 3.28. The third-order valence-corrected chi connectivity index (χ3v) is 2.99. The molecular weight excluding hydrogens is 234 g/mol. The summed E-state index contributed by atoms with van der Waals surface area (Å²) in [5.74, 6) is 0. The van der Waals surface area contributed by atoms with Crippen molar-refractivity contribution in [1.29, 1.82) is 0 Å². The lowest BCUT2D eigenvalue weighted by molar-refractivity contribution is 1.05. The fraction of sp³-hybridized carbons (Fsp3) is 0.0625. The monoisotopic (exact) mass is 249 g/mol. The number of benzene rings is 2. The molecule has 1 aromatic heterocycles. The Morgan fingerprint density at radius 2 is 1.89 bits per heavy atom. The molecule has 0 saturated carbocycles. The summed E-state index contributed by atoms with van der Waals surface area (Å²) in [5, 5.41) is 3.43. The molecule has 0 amide bonds. The Labute approximate surface area is 112 Å². The molecule has 0 radical (unpaired) electrons. The average Bonchev–Trinajstić information content (AvgIpc) is 3.01. The highest BCUT2D eigenvalue weighted by Crippen LogP contribution is 2.15. The quantitative estimate of drug-likeness (QED) is 0.767. The van der Waals surface area contributed by atoms with Gasteiger partial charge in [-0.1, -0.05) is 36.4 Å². The first-order chi connectivity index (χ1) is 9.42. The predicted molar refractivity (Wildman–Crippen MR) is 77.3 cm³/mol. The molecule has 19 heavy (non-hydrogen) atoms. The molecule has 0 fully saturated rings. The number of nitrogens with zero attached hydrogens (tertiary/aromatic N) is 2. The highest BCUT2D eigenvalue weighted by Gasteiger charge is 1.98. The number of hydrogen-bond donors (Lipinski definition) is 1. The maximum Gasteiger partial charge on any atom is 0.0991 e. The second-order valence-corrected chi connectivity index (χ2v) is 4.36. The maximum absolute atomic E-state index is 4.06. The number of anilines is 1. The van der Waals surface area contributed by atoms with Crippen molar-refractivity contribution >= 4 is 5.69 Å². The van der Waals surface area contributed by atoms with Crippen LogP contribution in [-0.2, 0) is 6.54 Å². The van der Waals surface area contributed by atoms with E-state index in [0.29, 0.717) is 0 Å². The van der Waals surface area contributed by atoms with Crippen molar-refractivity contribution in [2.45, 2.75) is 6.54 Å². The molecule has 0 atom stereocenters. The summed E-state index contributed by atoms with van der Waals surface area (Å²) in [5.41, 5.74) is 3.49. The van der Waals surface area contributed by atoms with Crippen molar-refractivity contribution in [3.05, 3.63) is 78.9 Å². The molecule has 1 heterocycles. The minimum atomic E-state index is 0.828. The molecule has 3 nitrogen and oxygen atoms in total.